The maximum atomic E-state index is 12.3. The van der Waals surface area contributed by atoms with Gasteiger partial charge in [0.1, 0.15) is 5.75 Å². The zero-order chi connectivity index (χ0) is 21.3. The minimum absolute atomic E-state index is 0.180. The number of halogens is 3. The molecular weight excluding hydrogens is 377 g/mol. The van der Waals surface area contributed by atoms with Gasteiger partial charge in [0, 0.05) is 19.6 Å². The maximum absolute atomic E-state index is 12.3. The van der Waals surface area contributed by atoms with E-state index < -0.39 is 12.1 Å². The van der Waals surface area contributed by atoms with Crippen LogP contribution in [0.3, 0.4) is 0 Å². The lowest BCUT2D eigenvalue weighted by Crippen LogP contribution is -2.45. The van der Waals surface area contributed by atoms with Crippen molar-refractivity contribution in [2.45, 2.75) is 37.9 Å². The minimum Gasteiger partial charge on any atom is -0.497 e. The molecule has 28 heavy (non-hydrogen) atoms. The molecule has 0 saturated carbocycles. The summed E-state index contributed by atoms with van der Waals surface area (Å²) < 4.78 is 36.9. The Labute approximate surface area is 162 Å². The molecule has 1 aromatic carbocycles. The van der Waals surface area contributed by atoms with Gasteiger partial charge in [0.25, 0.3) is 0 Å². The van der Waals surface area contributed by atoms with E-state index in [1.165, 1.54) is 19.3 Å². The Morgan fingerprint density at radius 2 is 1.82 bits per heavy atom. The quantitative estimate of drug-likeness (QED) is 0.817. The molecule has 2 rings (SSSR count). The first-order valence-electron chi connectivity index (χ1n) is 8.91. The number of carbonyl (C=O) groups excluding carboxylic acids is 1. The van der Waals surface area contributed by atoms with E-state index in [1.807, 2.05) is 36.2 Å². The lowest BCUT2D eigenvalue weighted by atomic mass is 10.0. The lowest BCUT2D eigenvalue weighted by Gasteiger charge is -2.35. The number of amides is 1. The van der Waals surface area contributed by atoms with Gasteiger partial charge in [-0.2, -0.15) is 13.2 Å². The van der Waals surface area contributed by atoms with Crippen molar-refractivity contribution in [3.8, 4) is 5.75 Å². The molecule has 1 fully saturated rings. The van der Waals surface area contributed by atoms with Crippen molar-refractivity contribution in [1.82, 2.24) is 9.80 Å². The number of rotatable bonds is 5. The van der Waals surface area contributed by atoms with Gasteiger partial charge in [-0.1, -0.05) is 18.6 Å². The molecule has 158 valence electrons. The van der Waals surface area contributed by atoms with Crippen LogP contribution in [0.4, 0.5) is 13.2 Å². The van der Waals surface area contributed by atoms with Gasteiger partial charge in [0.15, 0.2) is 0 Å². The molecule has 1 aliphatic rings. The highest BCUT2D eigenvalue weighted by atomic mass is 19.4. The molecule has 0 spiro atoms. The highest BCUT2D eigenvalue weighted by Crippen LogP contribution is 2.17. The third-order valence-electron chi connectivity index (χ3n) is 4.59. The van der Waals surface area contributed by atoms with Gasteiger partial charge in [-0.25, -0.2) is 4.79 Å². The fourth-order valence-electron chi connectivity index (χ4n) is 2.85. The van der Waals surface area contributed by atoms with E-state index in [9.17, 15) is 18.0 Å². The number of aliphatic carboxylic acids is 1. The first-order valence-corrected chi connectivity index (χ1v) is 8.91. The number of alkyl halides is 3. The maximum Gasteiger partial charge on any atom is 0.490 e. The predicted molar refractivity (Wildman–Crippen MR) is 98.3 cm³/mol. The summed E-state index contributed by atoms with van der Waals surface area (Å²) in [6, 6.07) is 8.22. The van der Waals surface area contributed by atoms with Crippen LogP contribution in [-0.4, -0.2) is 73.3 Å². The van der Waals surface area contributed by atoms with Gasteiger partial charge in [0.2, 0.25) is 5.91 Å². The Balaban J connectivity index is 0.000000480. The predicted octanol–water partition coefficient (Wildman–Crippen LogP) is 2.81. The molecule has 1 aromatic rings. The number of carboxylic acids is 1. The zero-order valence-corrected chi connectivity index (χ0v) is 16.3. The fourth-order valence-corrected chi connectivity index (χ4v) is 2.85. The summed E-state index contributed by atoms with van der Waals surface area (Å²) in [5.41, 5.74) is 1.03. The van der Waals surface area contributed by atoms with Crippen molar-refractivity contribution >= 4 is 11.9 Å². The number of ether oxygens (including phenoxy) is 1. The van der Waals surface area contributed by atoms with Crippen LogP contribution in [0.5, 0.6) is 5.75 Å². The molecule has 0 aromatic heterocycles. The molecule has 1 aliphatic heterocycles. The smallest absolute Gasteiger partial charge is 0.490 e. The van der Waals surface area contributed by atoms with Crippen LogP contribution in [0, 0.1) is 0 Å². The normalized spacial score (nSPS) is 17.3. The summed E-state index contributed by atoms with van der Waals surface area (Å²) in [5.74, 6) is -1.75. The highest BCUT2D eigenvalue weighted by molar-refractivity contribution is 5.78. The van der Waals surface area contributed by atoms with Gasteiger partial charge >= 0.3 is 12.1 Å². The molecule has 1 heterocycles. The number of likely N-dealkylation sites (N-methyl/N-ethyl adjacent to an activating group) is 2. The number of piperidine rings is 1. The molecule has 9 heteroatoms. The third-order valence-corrected chi connectivity index (χ3v) is 4.59. The molecule has 0 radical (unpaired) electrons. The molecule has 0 aliphatic carbocycles. The number of likely N-dealkylation sites (tertiary alicyclic amines) is 1. The van der Waals surface area contributed by atoms with Crippen LogP contribution in [0.25, 0.3) is 0 Å². The number of carboxylic acid groups (broad SMARTS) is 1. The Bertz CT molecular complexity index is 635. The van der Waals surface area contributed by atoms with Crippen LogP contribution < -0.4 is 4.74 Å². The van der Waals surface area contributed by atoms with Crippen LogP contribution >= 0.6 is 0 Å². The zero-order valence-electron chi connectivity index (χ0n) is 16.3. The Hall–Kier alpha value is -2.29. The lowest BCUT2D eigenvalue weighted by molar-refractivity contribution is -0.192. The fraction of sp³-hybridized carbons (Fsp3) is 0.579. The van der Waals surface area contributed by atoms with Crippen molar-refractivity contribution in [3.63, 3.8) is 0 Å². The summed E-state index contributed by atoms with van der Waals surface area (Å²) in [7, 11) is 5.72. The number of hydrogen-bond donors (Lipinski definition) is 1. The monoisotopic (exact) mass is 404 g/mol. The number of nitrogens with zero attached hydrogens (tertiary/aromatic N) is 2. The summed E-state index contributed by atoms with van der Waals surface area (Å²) in [6.07, 6.45) is -0.889. The van der Waals surface area contributed by atoms with Crippen LogP contribution in [-0.2, 0) is 16.0 Å². The number of methoxy groups -OCH3 is 1. The van der Waals surface area contributed by atoms with Crippen LogP contribution in [0.15, 0.2) is 24.3 Å². The van der Waals surface area contributed by atoms with Crippen molar-refractivity contribution in [3.05, 3.63) is 29.8 Å². The molecule has 1 saturated heterocycles. The molecule has 6 nitrogen and oxygen atoms in total. The average molecular weight is 404 g/mol. The molecule has 0 bridgehead atoms. The van der Waals surface area contributed by atoms with Crippen LogP contribution in [0.2, 0.25) is 0 Å². The Morgan fingerprint density at radius 3 is 2.29 bits per heavy atom. The standard InChI is InChI=1S/C17H26N2O2.C2HF3O2/c1-18-11-5-4-6-15(18)13-19(2)17(20)12-14-7-9-16(21-3)10-8-14;3-2(4,5)1(6)7/h7-10,15H,4-6,11-13H2,1-3H3;(H,6,7). The van der Waals surface area contributed by atoms with Gasteiger partial charge in [0.05, 0.1) is 13.5 Å². The van der Waals surface area contributed by atoms with Crippen molar-refractivity contribution in [1.29, 1.82) is 0 Å². The third kappa shape index (κ3) is 8.16. The number of carbonyl (C=O) groups is 2. The van der Waals surface area contributed by atoms with Crippen molar-refractivity contribution in [2.75, 3.05) is 34.3 Å². The molecular formula is C19H27F3N2O4. The summed E-state index contributed by atoms with van der Waals surface area (Å²) in [4.78, 5) is 25.5. The van der Waals surface area contributed by atoms with Crippen LogP contribution in [0.1, 0.15) is 24.8 Å². The number of hydrogen-bond acceptors (Lipinski definition) is 4. The minimum atomic E-state index is -5.08. The largest absolute Gasteiger partial charge is 0.497 e. The first-order chi connectivity index (χ1) is 13.0. The Kier molecular flexibility index (Phi) is 9.24. The second-order valence-corrected chi connectivity index (χ2v) is 6.73. The molecule has 1 amide bonds. The second kappa shape index (κ2) is 10.9. The van der Waals surface area contributed by atoms with Gasteiger partial charge in [-0.05, 0) is 44.1 Å². The van der Waals surface area contributed by atoms with E-state index in [2.05, 4.69) is 11.9 Å². The van der Waals surface area contributed by atoms with Gasteiger partial charge < -0.3 is 19.6 Å². The molecule has 1 unspecified atom stereocenters. The summed E-state index contributed by atoms with van der Waals surface area (Å²) in [6.45, 7) is 1.97. The van der Waals surface area contributed by atoms with Gasteiger partial charge in [-0.3, -0.25) is 4.79 Å². The van der Waals surface area contributed by atoms with Crippen molar-refractivity contribution in [2.24, 2.45) is 0 Å². The average Bonchev–Trinajstić information content (AvgIpc) is 2.64. The molecule has 1 atom stereocenters. The van der Waals surface area contributed by atoms with E-state index in [0.29, 0.717) is 12.5 Å². The second-order valence-electron chi connectivity index (χ2n) is 6.73. The topological polar surface area (TPSA) is 70.1 Å². The highest BCUT2D eigenvalue weighted by Gasteiger charge is 2.38. The first kappa shape index (κ1) is 23.7. The van der Waals surface area contributed by atoms with E-state index in [1.54, 1.807) is 7.11 Å². The number of benzene rings is 1. The molecule has 1 N–H and O–H groups in total. The van der Waals surface area contributed by atoms with E-state index in [0.717, 1.165) is 24.4 Å². The summed E-state index contributed by atoms with van der Waals surface area (Å²) in [5, 5.41) is 7.12. The Morgan fingerprint density at radius 1 is 1.25 bits per heavy atom. The SMILES string of the molecule is COc1ccc(CC(=O)N(C)CC2CCCCN2C)cc1.O=C(O)C(F)(F)F. The van der Waals surface area contributed by atoms with E-state index in [4.69, 9.17) is 14.6 Å². The van der Waals surface area contributed by atoms with Gasteiger partial charge in [-0.15, -0.1) is 0 Å². The van der Waals surface area contributed by atoms with Crippen molar-refractivity contribution < 1.29 is 32.6 Å². The summed E-state index contributed by atoms with van der Waals surface area (Å²) >= 11 is 0. The van der Waals surface area contributed by atoms with E-state index >= 15 is 0 Å². The van der Waals surface area contributed by atoms with E-state index in [-0.39, 0.29) is 5.91 Å².